The molecule has 144 valence electrons. The van der Waals surface area contributed by atoms with Crippen LogP contribution in [0.4, 0.5) is 5.69 Å². The number of carbonyl (C=O) groups is 2. The molecule has 1 aromatic rings. The predicted octanol–water partition coefficient (Wildman–Crippen LogP) is 1.92. The fraction of sp³-hybridized carbons (Fsp3) is 0.600. The van der Waals surface area contributed by atoms with Gasteiger partial charge in [-0.3, -0.25) is 14.5 Å². The molecule has 0 aliphatic carbocycles. The molecule has 2 amide bonds. The second-order valence-electron chi connectivity index (χ2n) is 8.16. The van der Waals surface area contributed by atoms with Crippen molar-refractivity contribution in [3.05, 3.63) is 29.8 Å². The van der Waals surface area contributed by atoms with E-state index in [1.165, 1.54) is 12.8 Å². The SMILES string of the molecule is CN(C)c1ccc([C@@H](CNC(=O)C(=O)NC(C)(C)C)N2CCCC2)cc1. The molecule has 0 unspecified atom stereocenters. The number of amides is 2. The number of rotatable bonds is 5. The van der Waals surface area contributed by atoms with E-state index in [4.69, 9.17) is 0 Å². The maximum Gasteiger partial charge on any atom is 0.309 e. The summed E-state index contributed by atoms with van der Waals surface area (Å²) in [6.07, 6.45) is 2.34. The molecule has 0 saturated carbocycles. The lowest BCUT2D eigenvalue weighted by Gasteiger charge is -2.29. The summed E-state index contributed by atoms with van der Waals surface area (Å²) in [6.45, 7) is 8.04. The molecule has 1 heterocycles. The smallest absolute Gasteiger partial charge is 0.309 e. The van der Waals surface area contributed by atoms with Crippen molar-refractivity contribution in [2.45, 2.75) is 45.2 Å². The second-order valence-corrected chi connectivity index (χ2v) is 8.16. The number of benzene rings is 1. The van der Waals surface area contributed by atoms with Gasteiger partial charge in [-0.2, -0.15) is 0 Å². The van der Waals surface area contributed by atoms with Crippen molar-refractivity contribution in [3.8, 4) is 0 Å². The first-order valence-corrected chi connectivity index (χ1v) is 9.29. The third-order valence-electron chi connectivity index (χ3n) is 4.53. The van der Waals surface area contributed by atoms with Crippen LogP contribution in [0.2, 0.25) is 0 Å². The number of nitrogens with one attached hydrogen (secondary N) is 2. The normalized spacial score (nSPS) is 16.2. The summed E-state index contributed by atoms with van der Waals surface area (Å²) < 4.78 is 0. The van der Waals surface area contributed by atoms with Gasteiger partial charge in [-0.25, -0.2) is 0 Å². The van der Waals surface area contributed by atoms with Crippen molar-refractivity contribution < 1.29 is 9.59 Å². The van der Waals surface area contributed by atoms with Gasteiger partial charge in [0.2, 0.25) is 0 Å². The molecular formula is C20H32N4O2. The molecule has 1 aliphatic heterocycles. The minimum atomic E-state index is -0.583. The van der Waals surface area contributed by atoms with E-state index in [0.717, 1.165) is 24.3 Å². The summed E-state index contributed by atoms with van der Waals surface area (Å²) in [7, 11) is 4.03. The maximum atomic E-state index is 12.2. The van der Waals surface area contributed by atoms with Gasteiger partial charge in [0.25, 0.3) is 0 Å². The van der Waals surface area contributed by atoms with E-state index in [9.17, 15) is 9.59 Å². The number of anilines is 1. The van der Waals surface area contributed by atoms with Crippen molar-refractivity contribution in [3.63, 3.8) is 0 Å². The largest absolute Gasteiger partial charge is 0.378 e. The number of likely N-dealkylation sites (tertiary alicyclic amines) is 1. The Morgan fingerprint density at radius 3 is 2.15 bits per heavy atom. The fourth-order valence-corrected chi connectivity index (χ4v) is 3.17. The Bertz CT molecular complexity index is 614. The van der Waals surface area contributed by atoms with Crippen LogP contribution >= 0.6 is 0 Å². The van der Waals surface area contributed by atoms with Crippen LogP contribution in [-0.4, -0.2) is 56.0 Å². The van der Waals surface area contributed by atoms with Crippen LogP contribution in [0.3, 0.4) is 0 Å². The van der Waals surface area contributed by atoms with E-state index >= 15 is 0 Å². The second kappa shape index (κ2) is 8.54. The molecule has 0 bridgehead atoms. The molecule has 2 N–H and O–H groups in total. The number of hydrogen-bond donors (Lipinski definition) is 2. The number of hydrogen-bond acceptors (Lipinski definition) is 4. The van der Waals surface area contributed by atoms with Crippen molar-refractivity contribution in [1.82, 2.24) is 15.5 Å². The fourth-order valence-electron chi connectivity index (χ4n) is 3.17. The topological polar surface area (TPSA) is 64.7 Å². The Kier molecular flexibility index (Phi) is 6.64. The lowest BCUT2D eigenvalue weighted by Crippen LogP contribution is -2.49. The summed E-state index contributed by atoms with van der Waals surface area (Å²) in [4.78, 5) is 28.6. The van der Waals surface area contributed by atoms with Gasteiger partial charge in [-0.15, -0.1) is 0 Å². The van der Waals surface area contributed by atoms with Gasteiger partial charge in [0.05, 0.1) is 6.04 Å². The first kappa shape index (κ1) is 20.2. The van der Waals surface area contributed by atoms with Crippen LogP contribution in [0.15, 0.2) is 24.3 Å². The van der Waals surface area contributed by atoms with Crippen LogP contribution in [0, 0.1) is 0 Å². The van der Waals surface area contributed by atoms with Crippen molar-refractivity contribution >= 4 is 17.5 Å². The van der Waals surface area contributed by atoms with Crippen molar-refractivity contribution in [1.29, 1.82) is 0 Å². The highest BCUT2D eigenvalue weighted by atomic mass is 16.2. The molecule has 1 atom stereocenters. The molecule has 1 fully saturated rings. The zero-order valence-corrected chi connectivity index (χ0v) is 16.6. The third kappa shape index (κ3) is 5.73. The third-order valence-corrected chi connectivity index (χ3v) is 4.53. The summed E-state index contributed by atoms with van der Waals surface area (Å²) >= 11 is 0. The lowest BCUT2D eigenvalue weighted by molar-refractivity contribution is -0.140. The Labute approximate surface area is 156 Å². The number of carbonyl (C=O) groups excluding carboxylic acids is 2. The van der Waals surface area contributed by atoms with Gasteiger partial charge < -0.3 is 15.5 Å². The highest BCUT2D eigenvalue weighted by Gasteiger charge is 2.26. The first-order valence-electron chi connectivity index (χ1n) is 9.29. The Morgan fingerprint density at radius 1 is 1.08 bits per heavy atom. The zero-order valence-electron chi connectivity index (χ0n) is 16.6. The quantitative estimate of drug-likeness (QED) is 0.788. The van der Waals surface area contributed by atoms with Crippen LogP contribution in [-0.2, 0) is 9.59 Å². The van der Waals surface area contributed by atoms with Crippen LogP contribution < -0.4 is 15.5 Å². The minimum absolute atomic E-state index is 0.0834. The lowest BCUT2D eigenvalue weighted by atomic mass is 10.0. The predicted molar refractivity (Wildman–Crippen MR) is 105 cm³/mol. The molecule has 1 aromatic carbocycles. The van der Waals surface area contributed by atoms with Gasteiger partial charge in [0.1, 0.15) is 0 Å². The number of nitrogens with zero attached hydrogens (tertiary/aromatic N) is 2. The van der Waals surface area contributed by atoms with Crippen LogP contribution in [0.25, 0.3) is 0 Å². The van der Waals surface area contributed by atoms with Gasteiger partial charge in [0.15, 0.2) is 0 Å². The van der Waals surface area contributed by atoms with E-state index in [0.29, 0.717) is 6.54 Å². The molecule has 0 radical (unpaired) electrons. The molecule has 1 saturated heterocycles. The van der Waals surface area contributed by atoms with Gasteiger partial charge in [-0.1, -0.05) is 12.1 Å². The minimum Gasteiger partial charge on any atom is -0.378 e. The highest BCUT2D eigenvalue weighted by molar-refractivity contribution is 6.35. The summed E-state index contributed by atoms with van der Waals surface area (Å²) in [5, 5.41) is 5.52. The molecule has 26 heavy (non-hydrogen) atoms. The maximum absolute atomic E-state index is 12.2. The standard InChI is InChI=1S/C20H32N4O2/c1-20(2,3)22-19(26)18(25)21-14-17(24-12-6-7-13-24)15-8-10-16(11-9-15)23(4)5/h8-11,17H,6-7,12-14H2,1-5H3,(H,21,25)(H,22,26)/t17-/m1/s1. The van der Waals surface area contributed by atoms with E-state index in [1.54, 1.807) is 0 Å². The Morgan fingerprint density at radius 2 is 1.65 bits per heavy atom. The van der Waals surface area contributed by atoms with Crippen molar-refractivity contribution in [2.24, 2.45) is 0 Å². The summed E-state index contributed by atoms with van der Waals surface area (Å²) in [5.74, 6) is -1.16. The van der Waals surface area contributed by atoms with E-state index < -0.39 is 17.4 Å². The molecule has 0 aromatic heterocycles. The van der Waals surface area contributed by atoms with Crippen LogP contribution in [0.5, 0.6) is 0 Å². The molecule has 6 heteroatoms. The molecule has 6 nitrogen and oxygen atoms in total. The molecule has 0 spiro atoms. The molecular weight excluding hydrogens is 328 g/mol. The Hall–Kier alpha value is -2.08. The first-order chi connectivity index (χ1) is 12.2. The van der Waals surface area contributed by atoms with Gasteiger partial charge in [0, 0.05) is 31.9 Å². The summed E-state index contributed by atoms with van der Waals surface area (Å²) in [6, 6.07) is 8.48. The van der Waals surface area contributed by atoms with Crippen molar-refractivity contribution in [2.75, 3.05) is 38.6 Å². The van der Waals surface area contributed by atoms with E-state index in [1.807, 2.05) is 34.9 Å². The van der Waals surface area contributed by atoms with Gasteiger partial charge in [-0.05, 0) is 64.4 Å². The van der Waals surface area contributed by atoms with Gasteiger partial charge >= 0.3 is 11.8 Å². The molecule has 2 rings (SSSR count). The highest BCUT2D eigenvalue weighted by Crippen LogP contribution is 2.26. The van der Waals surface area contributed by atoms with E-state index in [-0.39, 0.29) is 6.04 Å². The Balaban J connectivity index is 2.06. The monoisotopic (exact) mass is 360 g/mol. The van der Waals surface area contributed by atoms with E-state index in [2.05, 4.69) is 44.7 Å². The summed E-state index contributed by atoms with van der Waals surface area (Å²) in [5.41, 5.74) is 1.88. The average molecular weight is 361 g/mol. The molecule has 1 aliphatic rings. The zero-order chi connectivity index (χ0) is 19.3. The van der Waals surface area contributed by atoms with Crippen LogP contribution in [0.1, 0.15) is 45.2 Å². The average Bonchev–Trinajstić information content (AvgIpc) is 3.08.